The molecule has 3 heteroatoms. The quantitative estimate of drug-likeness (QED) is 0.636. The van der Waals surface area contributed by atoms with Crippen molar-refractivity contribution >= 4 is 28.4 Å². The molecule has 3 aromatic rings. The molecule has 0 bridgehead atoms. The fraction of sp³-hybridized carbons (Fsp3) is 0.0625. The zero-order valence-corrected chi connectivity index (χ0v) is 11.1. The van der Waals surface area contributed by atoms with E-state index in [1.165, 1.54) is 0 Å². The molecule has 0 spiro atoms. The number of carbonyl (C=O) groups excluding carboxylic acids is 1. The first kappa shape index (κ1) is 12.0. The summed E-state index contributed by atoms with van der Waals surface area (Å²) in [6.07, 6.45) is 0. The number of rotatable bonds is 2. The molecule has 0 unspecified atom stereocenters. The molecule has 0 saturated carbocycles. The molecule has 0 aliphatic rings. The molecule has 1 aromatic heterocycles. The van der Waals surface area contributed by atoms with E-state index >= 15 is 0 Å². The van der Waals surface area contributed by atoms with Gasteiger partial charge in [0.15, 0.2) is 5.76 Å². The van der Waals surface area contributed by atoms with E-state index in [9.17, 15) is 4.79 Å². The third-order valence-corrected chi connectivity index (χ3v) is 3.25. The van der Waals surface area contributed by atoms with Gasteiger partial charge in [-0.15, -0.1) is 0 Å². The second-order valence-electron chi connectivity index (χ2n) is 4.49. The van der Waals surface area contributed by atoms with Crippen LogP contribution in [0.3, 0.4) is 0 Å². The van der Waals surface area contributed by atoms with E-state index in [-0.39, 0.29) is 5.78 Å². The molecule has 0 atom stereocenters. The van der Waals surface area contributed by atoms with Crippen LogP contribution in [0.15, 0.2) is 52.9 Å². The van der Waals surface area contributed by atoms with Gasteiger partial charge in [-0.3, -0.25) is 4.79 Å². The van der Waals surface area contributed by atoms with E-state index in [4.69, 9.17) is 16.0 Å². The Labute approximate surface area is 115 Å². The molecule has 94 valence electrons. The molecule has 0 saturated heterocycles. The molecule has 0 aliphatic heterocycles. The number of fused-ring (bicyclic) bond motifs is 1. The minimum absolute atomic E-state index is 0.134. The first-order valence-electron chi connectivity index (χ1n) is 5.94. The van der Waals surface area contributed by atoms with E-state index in [2.05, 4.69) is 0 Å². The zero-order valence-electron chi connectivity index (χ0n) is 10.3. The van der Waals surface area contributed by atoms with Crippen LogP contribution in [0.5, 0.6) is 0 Å². The van der Waals surface area contributed by atoms with Gasteiger partial charge in [0.05, 0.1) is 0 Å². The molecular formula is C16H11ClO2. The molecule has 3 rings (SSSR count). The lowest BCUT2D eigenvalue weighted by molar-refractivity contribution is 0.101. The Bertz CT molecular complexity index is 754. The first-order valence-corrected chi connectivity index (χ1v) is 6.32. The Balaban J connectivity index is 2.04. The van der Waals surface area contributed by atoms with Gasteiger partial charge in [0.2, 0.25) is 5.78 Å². The molecule has 19 heavy (non-hydrogen) atoms. The fourth-order valence-electron chi connectivity index (χ4n) is 2.02. The topological polar surface area (TPSA) is 30.2 Å². The summed E-state index contributed by atoms with van der Waals surface area (Å²) in [6.45, 7) is 2.01. The number of hydrogen-bond acceptors (Lipinski definition) is 2. The summed E-state index contributed by atoms with van der Waals surface area (Å²) in [5, 5.41) is 1.55. The normalized spacial score (nSPS) is 10.8. The predicted octanol–water partition coefficient (Wildman–Crippen LogP) is 4.63. The summed E-state index contributed by atoms with van der Waals surface area (Å²) in [6, 6.07) is 14.4. The maximum atomic E-state index is 12.3. The van der Waals surface area contributed by atoms with E-state index in [1.807, 2.05) is 25.1 Å². The van der Waals surface area contributed by atoms with Gasteiger partial charge in [-0.05, 0) is 49.4 Å². The molecule has 2 aromatic carbocycles. The van der Waals surface area contributed by atoms with E-state index < -0.39 is 0 Å². The van der Waals surface area contributed by atoms with Crippen molar-refractivity contribution in [2.24, 2.45) is 0 Å². The van der Waals surface area contributed by atoms with Gasteiger partial charge < -0.3 is 4.42 Å². The average molecular weight is 271 g/mol. The monoisotopic (exact) mass is 270 g/mol. The largest absolute Gasteiger partial charge is 0.453 e. The molecule has 2 nitrogen and oxygen atoms in total. The Kier molecular flexibility index (Phi) is 2.88. The minimum Gasteiger partial charge on any atom is -0.453 e. The summed E-state index contributed by atoms with van der Waals surface area (Å²) in [5.74, 6) is 0.216. The van der Waals surface area contributed by atoms with Crippen molar-refractivity contribution in [2.45, 2.75) is 6.92 Å². The van der Waals surface area contributed by atoms with Crippen LogP contribution in [0.1, 0.15) is 21.7 Å². The van der Waals surface area contributed by atoms with Crippen LogP contribution in [0.4, 0.5) is 0 Å². The summed E-state index contributed by atoms with van der Waals surface area (Å²) < 4.78 is 5.59. The van der Waals surface area contributed by atoms with Gasteiger partial charge in [0.1, 0.15) is 5.58 Å². The molecule has 0 amide bonds. The second-order valence-corrected chi connectivity index (χ2v) is 4.92. The summed E-state index contributed by atoms with van der Waals surface area (Å²) in [4.78, 5) is 12.3. The van der Waals surface area contributed by atoms with Crippen LogP contribution >= 0.6 is 11.6 Å². The Morgan fingerprint density at radius 1 is 1.05 bits per heavy atom. The number of aryl methyl sites for hydroxylation is 1. The van der Waals surface area contributed by atoms with Crippen molar-refractivity contribution in [3.8, 4) is 0 Å². The number of hydrogen-bond donors (Lipinski definition) is 0. The SMILES string of the molecule is Cc1ccc2oc(C(=O)c3ccc(Cl)cc3)cc2c1. The summed E-state index contributed by atoms with van der Waals surface area (Å²) >= 11 is 5.81. The molecular weight excluding hydrogens is 260 g/mol. The van der Waals surface area contributed by atoms with Crippen molar-refractivity contribution in [1.82, 2.24) is 0 Å². The van der Waals surface area contributed by atoms with Gasteiger partial charge in [-0.1, -0.05) is 23.2 Å². The highest BCUT2D eigenvalue weighted by atomic mass is 35.5. The highest BCUT2D eigenvalue weighted by Crippen LogP contribution is 2.23. The van der Waals surface area contributed by atoms with Crippen molar-refractivity contribution < 1.29 is 9.21 Å². The Morgan fingerprint density at radius 2 is 1.79 bits per heavy atom. The number of benzene rings is 2. The smallest absolute Gasteiger partial charge is 0.228 e. The third kappa shape index (κ3) is 2.27. The summed E-state index contributed by atoms with van der Waals surface area (Å²) in [7, 11) is 0. The predicted molar refractivity (Wildman–Crippen MR) is 75.8 cm³/mol. The Hall–Kier alpha value is -2.06. The number of ketones is 1. The van der Waals surface area contributed by atoms with Crippen molar-refractivity contribution in [1.29, 1.82) is 0 Å². The maximum Gasteiger partial charge on any atom is 0.228 e. The maximum absolute atomic E-state index is 12.3. The molecule has 0 fully saturated rings. The van der Waals surface area contributed by atoms with Crippen LogP contribution < -0.4 is 0 Å². The van der Waals surface area contributed by atoms with Crippen LogP contribution in [-0.4, -0.2) is 5.78 Å². The minimum atomic E-state index is -0.134. The number of carbonyl (C=O) groups is 1. The van der Waals surface area contributed by atoms with E-state index in [1.54, 1.807) is 30.3 Å². The molecule has 1 heterocycles. The highest BCUT2D eigenvalue weighted by Gasteiger charge is 2.14. The molecule has 0 aliphatic carbocycles. The third-order valence-electron chi connectivity index (χ3n) is 3.00. The van der Waals surface area contributed by atoms with E-state index in [0.717, 1.165) is 16.5 Å². The molecule has 0 N–H and O–H groups in total. The second kappa shape index (κ2) is 4.56. The standard InChI is InChI=1S/C16H11ClO2/c1-10-2-7-14-12(8-10)9-15(19-14)16(18)11-3-5-13(17)6-4-11/h2-9H,1H3. The number of furan rings is 1. The van der Waals surface area contributed by atoms with Crippen molar-refractivity contribution in [3.05, 3.63) is 70.4 Å². The lowest BCUT2D eigenvalue weighted by Crippen LogP contribution is -1.98. The van der Waals surface area contributed by atoms with Crippen LogP contribution in [-0.2, 0) is 0 Å². The lowest BCUT2D eigenvalue weighted by Gasteiger charge is -1.97. The summed E-state index contributed by atoms with van der Waals surface area (Å²) in [5.41, 5.74) is 2.43. The van der Waals surface area contributed by atoms with Crippen LogP contribution in [0.25, 0.3) is 11.0 Å². The van der Waals surface area contributed by atoms with Crippen LogP contribution in [0, 0.1) is 6.92 Å². The highest BCUT2D eigenvalue weighted by molar-refractivity contribution is 6.30. The average Bonchev–Trinajstić information content (AvgIpc) is 2.81. The Morgan fingerprint density at radius 3 is 2.53 bits per heavy atom. The number of halogens is 1. The van der Waals surface area contributed by atoms with Gasteiger partial charge in [-0.25, -0.2) is 0 Å². The van der Waals surface area contributed by atoms with Gasteiger partial charge >= 0.3 is 0 Å². The molecule has 0 radical (unpaired) electrons. The van der Waals surface area contributed by atoms with Gasteiger partial charge in [0, 0.05) is 16.0 Å². The first-order chi connectivity index (χ1) is 9.13. The zero-order chi connectivity index (χ0) is 13.4. The lowest BCUT2D eigenvalue weighted by atomic mass is 10.1. The van der Waals surface area contributed by atoms with E-state index in [0.29, 0.717) is 16.3 Å². The van der Waals surface area contributed by atoms with Crippen molar-refractivity contribution in [3.63, 3.8) is 0 Å². The van der Waals surface area contributed by atoms with Crippen molar-refractivity contribution in [2.75, 3.05) is 0 Å². The van der Waals surface area contributed by atoms with Gasteiger partial charge in [-0.2, -0.15) is 0 Å². The van der Waals surface area contributed by atoms with Gasteiger partial charge in [0.25, 0.3) is 0 Å². The van der Waals surface area contributed by atoms with Crippen LogP contribution in [0.2, 0.25) is 5.02 Å². The fourth-order valence-corrected chi connectivity index (χ4v) is 2.14.